The number of carbonyl (C=O) groups excluding carboxylic acids is 1. The van der Waals surface area contributed by atoms with Crippen LogP contribution in [0.2, 0.25) is 0 Å². The first-order chi connectivity index (χ1) is 11.4. The van der Waals surface area contributed by atoms with Crippen molar-refractivity contribution in [2.75, 3.05) is 0 Å². The van der Waals surface area contributed by atoms with E-state index in [2.05, 4.69) is 4.98 Å². The van der Waals surface area contributed by atoms with Gasteiger partial charge in [0.1, 0.15) is 11.6 Å². The zero-order chi connectivity index (χ0) is 17.4. The second-order valence-electron chi connectivity index (χ2n) is 5.51. The molecule has 1 unspecified atom stereocenters. The third-order valence-corrected chi connectivity index (χ3v) is 3.85. The summed E-state index contributed by atoms with van der Waals surface area (Å²) in [6.07, 6.45) is 1.32. The van der Waals surface area contributed by atoms with Gasteiger partial charge in [-0.3, -0.25) is 4.79 Å². The van der Waals surface area contributed by atoms with Crippen LogP contribution >= 0.6 is 12.4 Å². The highest BCUT2D eigenvalue weighted by Gasteiger charge is 2.22. The van der Waals surface area contributed by atoms with Gasteiger partial charge < -0.3 is 10.8 Å². The monoisotopic (exact) mass is 364 g/mol. The van der Waals surface area contributed by atoms with Crippen LogP contribution in [0.15, 0.2) is 42.6 Å². The van der Waals surface area contributed by atoms with Gasteiger partial charge in [0.05, 0.1) is 5.56 Å². The molecule has 0 spiro atoms. The summed E-state index contributed by atoms with van der Waals surface area (Å²) in [6, 6.07) is 7.61. The first-order valence-electron chi connectivity index (χ1n) is 7.26. The lowest BCUT2D eigenvalue weighted by atomic mass is 9.95. The molecule has 0 fully saturated rings. The fourth-order valence-corrected chi connectivity index (χ4v) is 2.60. The highest BCUT2D eigenvalue weighted by atomic mass is 35.5. The number of fused-ring (bicyclic) bond motifs is 1. The van der Waals surface area contributed by atoms with Crippen LogP contribution in [0.25, 0.3) is 10.8 Å². The molecular formula is C18H15ClF2N2O2. The number of aromatic hydroxyl groups is 1. The molecule has 3 N–H and O–H groups in total. The molecule has 2 aromatic carbocycles. The van der Waals surface area contributed by atoms with E-state index < -0.39 is 29.0 Å². The number of carbonyl (C=O) groups is 1. The summed E-state index contributed by atoms with van der Waals surface area (Å²) < 4.78 is 28.6. The zero-order valence-electron chi connectivity index (χ0n) is 13.2. The molecule has 0 aliphatic carbocycles. The maximum atomic E-state index is 14.3. The summed E-state index contributed by atoms with van der Waals surface area (Å²) in [5, 5.41) is 10.5. The van der Waals surface area contributed by atoms with Crippen LogP contribution in [0.5, 0.6) is 5.88 Å². The van der Waals surface area contributed by atoms with Crippen molar-refractivity contribution in [1.29, 1.82) is 0 Å². The average Bonchev–Trinajstić information content (AvgIpc) is 2.54. The van der Waals surface area contributed by atoms with Gasteiger partial charge in [0.2, 0.25) is 5.88 Å². The van der Waals surface area contributed by atoms with Crippen LogP contribution in [-0.2, 0) is 0 Å². The molecule has 3 aromatic rings. The third-order valence-electron chi connectivity index (χ3n) is 3.85. The first kappa shape index (κ1) is 18.8. The van der Waals surface area contributed by atoms with Gasteiger partial charge in [0.15, 0.2) is 5.78 Å². The molecule has 1 aromatic heterocycles. The number of rotatable bonds is 3. The number of nitrogens with zero attached hydrogens (tertiary/aromatic N) is 1. The first-order valence-corrected chi connectivity index (χ1v) is 7.26. The minimum Gasteiger partial charge on any atom is -0.493 e. The molecule has 0 radical (unpaired) electrons. The molecule has 130 valence electrons. The number of hydrogen-bond donors (Lipinski definition) is 2. The van der Waals surface area contributed by atoms with Gasteiger partial charge in [-0.05, 0) is 42.1 Å². The van der Waals surface area contributed by atoms with E-state index in [0.717, 1.165) is 12.1 Å². The molecule has 1 heterocycles. The van der Waals surface area contributed by atoms with E-state index in [9.17, 15) is 18.7 Å². The van der Waals surface area contributed by atoms with Crippen LogP contribution in [0.1, 0.15) is 34.5 Å². The summed E-state index contributed by atoms with van der Waals surface area (Å²) in [5.74, 6) is -3.00. The third kappa shape index (κ3) is 3.31. The van der Waals surface area contributed by atoms with E-state index in [1.165, 1.54) is 24.4 Å². The molecule has 7 heteroatoms. The Hall–Kier alpha value is -2.57. The molecule has 4 nitrogen and oxygen atoms in total. The lowest BCUT2D eigenvalue weighted by Crippen LogP contribution is -2.12. The Morgan fingerprint density at radius 3 is 2.40 bits per heavy atom. The number of ketones is 1. The van der Waals surface area contributed by atoms with Crippen molar-refractivity contribution in [3.05, 3.63) is 70.9 Å². The van der Waals surface area contributed by atoms with Crippen molar-refractivity contribution in [2.24, 2.45) is 5.73 Å². The fraction of sp³-hybridized carbons (Fsp3) is 0.111. The predicted molar refractivity (Wildman–Crippen MR) is 93.0 cm³/mol. The van der Waals surface area contributed by atoms with Gasteiger partial charge in [-0.2, -0.15) is 0 Å². The molecule has 0 saturated heterocycles. The van der Waals surface area contributed by atoms with Gasteiger partial charge >= 0.3 is 0 Å². The van der Waals surface area contributed by atoms with E-state index >= 15 is 0 Å². The van der Waals surface area contributed by atoms with E-state index in [4.69, 9.17) is 5.73 Å². The number of benzene rings is 2. The summed E-state index contributed by atoms with van der Waals surface area (Å²) >= 11 is 0. The van der Waals surface area contributed by atoms with Crippen LogP contribution < -0.4 is 5.73 Å². The van der Waals surface area contributed by atoms with E-state index in [0.29, 0.717) is 10.8 Å². The quantitative estimate of drug-likeness (QED) is 0.691. The normalized spacial score (nSPS) is 11.8. The highest BCUT2D eigenvalue weighted by molar-refractivity contribution is 6.17. The van der Waals surface area contributed by atoms with Crippen molar-refractivity contribution in [1.82, 2.24) is 4.98 Å². The van der Waals surface area contributed by atoms with Crippen molar-refractivity contribution >= 4 is 29.0 Å². The lowest BCUT2D eigenvalue weighted by Gasteiger charge is -2.11. The number of hydrogen-bond acceptors (Lipinski definition) is 4. The highest BCUT2D eigenvalue weighted by Crippen LogP contribution is 2.28. The Morgan fingerprint density at radius 1 is 1.16 bits per heavy atom. The minimum absolute atomic E-state index is 0. The number of aromatic nitrogens is 1. The SMILES string of the molecule is CC(N)c1cc(F)c(C(=O)c2cccc3c(O)nccc23)c(F)c1.Cl. The van der Waals surface area contributed by atoms with Crippen LogP contribution in [0.3, 0.4) is 0 Å². The minimum atomic E-state index is -0.970. The summed E-state index contributed by atoms with van der Waals surface area (Å²) in [5.41, 5.74) is 5.32. The molecule has 0 bridgehead atoms. The number of pyridine rings is 1. The van der Waals surface area contributed by atoms with Crippen molar-refractivity contribution in [3.8, 4) is 5.88 Å². The summed E-state index contributed by atoms with van der Waals surface area (Å²) in [4.78, 5) is 16.4. The summed E-state index contributed by atoms with van der Waals surface area (Å²) in [6.45, 7) is 1.59. The second kappa shape index (κ2) is 7.13. The van der Waals surface area contributed by atoms with Gasteiger partial charge in [-0.1, -0.05) is 12.1 Å². The van der Waals surface area contributed by atoms with Crippen LogP contribution in [-0.4, -0.2) is 15.9 Å². The molecule has 0 aliphatic heterocycles. The lowest BCUT2D eigenvalue weighted by molar-refractivity contribution is 0.103. The molecule has 0 amide bonds. The van der Waals surface area contributed by atoms with E-state index in [1.807, 2.05) is 0 Å². The van der Waals surface area contributed by atoms with Gasteiger partial charge in [-0.25, -0.2) is 13.8 Å². The van der Waals surface area contributed by atoms with Crippen molar-refractivity contribution < 1.29 is 18.7 Å². The molecule has 0 saturated carbocycles. The standard InChI is InChI=1S/C18H14F2N2O2.ClH/c1-9(21)10-7-14(19)16(15(20)8-10)17(23)12-3-2-4-13-11(12)5-6-22-18(13)24;/h2-9H,21H2,1H3,(H,22,24);1H. The Morgan fingerprint density at radius 2 is 1.80 bits per heavy atom. The van der Waals surface area contributed by atoms with Crippen molar-refractivity contribution in [2.45, 2.75) is 13.0 Å². The van der Waals surface area contributed by atoms with Gasteiger partial charge in [0.25, 0.3) is 0 Å². The maximum absolute atomic E-state index is 14.3. The van der Waals surface area contributed by atoms with E-state index in [1.54, 1.807) is 13.0 Å². The Labute approximate surface area is 148 Å². The van der Waals surface area contributed by atoms with Gasteiger partial charge in [0, 0.05) is 23.2 Å². The molecule has 25 heavy (non-hydrogen) atoms. The molecule has 3 rings (SSSR count). The summed E-state index contributed by atoms with van der Waals surface area (Å²) in [7, 11) is 0. The number of nitrogens with two attached hydrogens (primary N) is 1. The van der Waals surface area contributed by atoms with Crippen LogP contribution in [0.4, 0.5) is 8.78 Å². The second-order valence-corrected chi connectivity index (χ2v) is 5.51. The van der Waals surface area contributed by atoms with Crippen molar-refractivity contribution in [3.63, 3.8) is 0 Å². The molecule has 1 atom stereocenters. The largest absolute Gasteiger partial charge is 0.493 e. The zero-order valence-corrected chi connectivity index (χ0v) is 14.0. The van der Waals surface area contributed by atoms with E-state index in [-0.39, 0.29) is 29.4 Å². The molecule has 0 aliphatic rings. The van der Waals surface area contributed by atoms with Crippen LogP contribution in [0, 0.1) is 11.6 Å². The Kier molecular flexibility index (Phi) is 5.35. The maximum Gasteiger partial charge on any atom is 0.218 e. The Bertz CT molecular complexity index is 938. The smallest absolute Gasteiger partial charge is 0.218 e. The average molecular weight is 365 g/mol. The predicted octanol–water partition coefficient (Wildman–Crippen LogP) is 3.89. The Balaban J connectivity index is 0.00000225. The molecular weight excluding hydrogens is 350 g/mol. The number of halogens is 3. The van der Waals surface area contributed by atoms with Gasteiger partial charge in [-0.15, -0.1) is 12.4 Å². The topological polar surface area (TPSA) is 76.2 Å². The fourth-order valence-electron chi connectivity index (χ4n) is 2.60.